The Balaban J connectivity index is 1.53. The Morgan fingerprint density at radius 1 is 1.23 bits per heavy atom. The lowest BCUT2D eigenvalue weighted by Crippen LogP contribution is -2.21. The number of pyridine rings is 1. The van der Waals surface area contributed by atoms with E-state index in [-0.39, 0.29) is 24.0 Å². The molecule has 10 heteroatoms. The minimum absolute atomic E-state index is 0.0495. The van der Waals surface area contributed by atoms with Crippen molar-refractivity contribution in [2.45, 2.75) is 51.5 Å². The number of aromatic nitrogens is 4. The van der Waals surface area contributed by atoms with Gasteiger partial charge in [0.05, 0.1) is 12.3 Å². The van der Waals surface area contributed by atoms with Gasteiger partial charge in [-0.15, -0.1) is 0 Å². The molecule has 166 valence electrons. The average molecular weight is 445 g/mol. The van der Waals surface area contributed by atoms with Crippen LogP contribution >= 0.6 is 0 Å². The fourth-order valence-electron chi connectivity index (χ4n) is 3.88. The second-order valence-corrected chi connectivity index (χ2v) is 10.3. The maximum Gasteiger partial charge on any atom is 0.333 e. The Kier molecular flexibility index (Phi) is 5.71. The van der Waals surface area contributed by atoms with E-state index in [1.807, 2.05) is 30.3 Å². The summed E-state index contributed by atoms with van der Waals surface area (Å²) in [5.41, 5.74) is 3.26. The molecule has 0 spiro atoms. The fourth-order valence-corrected chi connectivity index (χ4v) is 4.26. The van der Waals surface area contributed by atoms with E-state index in [4.69, 9.17) is 19.4 Å². The van der Waals surface area contributed by atoms with Crippen molar-refractivity contribution in [3.8, 4) is 11.4 Å². The maximum absolute atomic E-state index is 11.0. The molecule has 31 heavy (non-hydrogen) atoms. The molecule has 9 nitrogen and oxygen atoms in total. The zero-order valence-corrected chi connectivity index (χ0v) is 18.8. The molecule has 2 atom stereocenters. The first-order chi connectivity index (χ1) is 14.6. The van der Waals surface area contributed by atoms with Crippen molar-refractivity contribution in [1.82, 2.24) is 19.6 Å². The van der Waals surface area contributed by atoms with Crippen LogP contribution < -0.4 is 10.5 Å². The minimum atomic E-state index is -3.90. The second-order valence-electron chi connectivity index (χ2n) is 9.09. The zero-order chi connectivity index (χ0) is 22.2. The van der Waals surface area contributed by atoms with Crippen LogP contribution in [0.4, 0.5) is 5.82 Å². The fraction of sp³-hybridized carbons (Fsp3) is 0.476. The number of rotatable bonds is 6. The van der Waals surface area contributed by atoms with Crippen LogP contribution in [-0.4, -0.2) is 40.6 Å². The van der Waals surface area contributed by atoms with Gasteiger partial charge in [0, 0.05) is 29.4 Å². The van der Waals surface area contributed by atoms with E-state index >= 15 is 0 Å². The third-order valence-electron chi connectivity index (χ3n) is 5.50. The Morgan fingerprint density at radius 3 is 2.77 bits per heavy atom. The second kappa shape index (κ2) is 8.18. The Bertz CT molecular complexity index is 1190. The van der Waals surface area contributed by atoms with Gasteiger partial charge < -0.3 is 5.32 Å². The van der Waals surface area contributed by atoms with Gasteiger partial charge in [-0.05, 0) is 43.4 Å². The summed E-state index contributed by atoms with van der Waals surface area (Å²) in [6.07, 6.45) is 4.32. The summed E-state index contributed by atoms with van der Waals surface area (Å²) in [5.74, 6) is 0.979. The number of anilines is 1. The van der Waals surface area contributed by atoms with E-state index in [1.54, 1.807) is 10.7 Å². The maximum atomic E-state index is 11.0. The monoisotopic (exact) mass is 444 g/mol. The van der Waals surface area contributed by atoms with Crippen molar-refractivity contribution in [2.24, 2.45) is 11.1 Å². The average Bonchev–Trinajstić information content (AvgIpc) is 3.33. The van der Waals surface area contributed by atoms with Gasteiger partial charge in [-0.25, -0.2) is 10.1 Å². The molecule has 0 aromatic carbocycles. The molecule has 0 radical (unpaired) electrons. The molecule has 1 saturated carbocycles. The van der Waals surface area contributed by atoms with E-state index in [1.165, 1.54) is 0 Å². The summed E-state index contributed by atoms with van der Waals surface area (Å²) in [7, 11) is -3.90. The van der Waals surface area contributed by atoms with E-state index in [2.05, 4.69) is 31.1 Å². The first kappa shape index (κ1) is 21.7. The van der Waals surface area contributed by atoms with E-state index < -0.39 is 10.3 Å². The van der Waals surface area contributed by atoms with Gasteiger partial charge in [0.25, 0.3) is 0 Å². The molecule has 1 aliphatic carbocycles. The molecular formula is C21H28N6O3S. The lowest BCUT2D eigenvalue weighted by atomic mass is 9.91. The molecule has 0 amide bonds. The normalized spacial score (nSPS) is 19.7. The highest BCUT2D eigenvalue weighted by Crippen LogP contribution is 2.29. The molecular weight excluding hydrogens is 416 g/mol. The highest BCUT2D eigenvalue weighted by molar-refractivity contribution is 7.84. The van der Waals surface area contributed by atoms with Crippen molar-refractivity contribution in [3.05, 3.63) is 42.2 Å². The number of nitrogens with two attached hydrogens (primary N) is 1. The van der Waals surface area contributed by atoms with Crippen LogP contribution in [0, 0.1) is 5.92 Å². The van der Waals surface area contributed by atoms with Crippen molar-refractivity contribution in [1.29, 1.82) is 0 Å². The third-order valence-corrected chi connectivity index (χ3v) is 5.96. The van der Waals surface area contributed by atoms with E-state index in [0.717, 1.165) is 47.8 Å². The summed E-state index contributed by atoms with van der Waals surface area (Å²) in [5, 5.41) is 13.2. The summed E-state index contributed by atoms with van der Waals surface area (Å²) in [6.45, 7) is 6.52. The molecule has 0 saturated heterocycles. The topological polar surface area (TPSA) is 124 Å². The van der Waals surface area contributed by atoms with Crippen LogP contribution in [0.1, 0.15) is 45.7 Å². The van der Waals surface area contributed by atoms with Crippen LogP contribution in [-0.2, 0) is 19.9 Å². The van der Waals surface area contributed by atoms with Crippen LogP contribution in [0.2, 0.25) is 0 Å². The Hall–Kier alpha value is -2.56. The van der Waals surface area contributed by atoms with Gasteiger partial charge >= 0.3 is 10.3 Å². The number of nitrogens with zero attached hydrogens (tertiary/aromatic N) is 4. The zero-order valence-electron chi connectivity index (χ0n) is 17.9. The predicted molar refractivity (Wildman–Crippen MR) is 119 cm³/mol. The molecule has 2 unspecified atom stereocenters. The van der Waals surface area contributed by atoms with Crippen LogP contribution in [0.25, 0.3) is 17.0 Å². The number of hydrogen-bond acceptors (Lipinski definition) is 7. The van der Waals surface area contributed by atoms with Crippen molar-refractivity contribution >= 4 is 21.8 Å². The molecule has 3 aromatic heterocycles. The quantitative estimate of drug-likeness (QED) is 0.599. The van der Waals surface area contributed by atoms with Crippen LogP contribution in [0.15, 0.2) is 36.5 Å². The highest BCUT2D eigenvalue weighted by atomic mass is 32.2. The lowest BCUT2D eigenvalue weighted by Gasteiger charge is -2.17. The molecule has 1 aliphatic rings. The molecule has 3 heterocycles. The molecule has 0 aliphatic heterocycles. The van der Waals surface area contributed by atoms with Crippen LogP contribution in [0.5, 0.6) is 0 Å². The van der Waals surface area contributed by atoms with Crippen molar-refractivity contribution < 1.29 is 12.6 Å². The first-order valence-electron chi connectivity index (χ1n) is 10.3. The molecule has 0 bridgehead atoms. The Labute approximate surface area is 182 Å². The van der Waals surface area contributed by atoms with Gasteiger partial charge in [0.15, 0.2) is 5.65 Å². The molecule has 4 rings (SSSR count). The Morgan fingerprint density at radius 2 is 2.03 bits per heavy atom. The van der Waals surface area contributed by atoms with Gasteiger partial charge in [-0.2, -0.15) is 18.0 Å². The lowest BCUT2D eigenvalue weighted by molar-refractivity contribution is 0.256. The minimum Gasteiger partial charge on any atom is -0.367 e. The van der Waals surface area contributed by atoms with Gasteiger partial charge in [0.2, 0.25) is 0 Å². The SMILES string of the molecule is CC(C)(C)c1cccc(-c2cc3nccc(NC4CCC(COS(N)(=O)=O)C4)n3n2)n1. The predicted octanol–water partition coefficient (Wildman–Crippen LogP) is 2.89. The summed E-state index contributed by atoms with van der Waals surface area (Å²) < 4.78 is 28.6. The molecule has 3 aromatic rings. The first-order valence-corrected chi connectivity index (χ1v) is 11.8. The molecule has 3 N–H and O–H groups in total. The van der Waals surface area contributed by atoms with Gasteiger partial charge in [0.1, 0.15) is 11.5 Å². The molecule has 1 fully saturated rings. The highest BCUT2D eigenvalue weighted by Gasteiger charge is 2.26. The third kappa shape index (κ3) is 5.20. The summed E-state index contributed by atoms with van der Waals surface area (Å²) in [4.78, 5) is 9.23. The van der Waals surface area contributed by atoms with Gasteiger partial charge in [-0.1, -0.05) is 26.8 Å². The standard InChI is InChI=1S/C21H28N6O3S/c1-21(2,3)18-6-4-5-16(25-18)17-12-20-23-10-9-19(27(20)26-17)24-15-8-7-14(11-15)13-30-31(22,28)29/h4-6,9-10,12,14-15,24H,7-8,11,13H2,1-3H3,(H2,22,28,29). The van der Waals surface area contributed by atoms with Gasteiger partial charge in [-0.3, -0.25) is 9.17 Å². The van der Waals surface area contributed by atoms with E-state index in [9.17, 15) is 8.42 Å². The summed E-state index contributed by atoms with van der Waals surface area (Å²) in [6, 6.07) is 9.99. The number of hydrogen-bond donors (Lipinski definition) is 2. The van der Waals surface area contributed by atoms with Crippen LogP contribution in [0.3, 0.4) is 0 Å². The van der Waals surface area contributed by atoms with Crippen molar-refractivity contribution in [3.63, 3.8) is 0 Å². The summed E-state index contributed by atoms with van der Waals surface area (Å²) >= 11 is 0. The largest absolute Gasteiger partial charge is 0.367 e. The number of nitrogens with one attached hydrogen (secondary N) is 1. The number of fused-ring (bicyclic) bond motifs is 1. The van der Waals surface area contributed by atoms with E-state index in [0.29, 0.717) is 0 Å². The smallest absolute Gasteiger partial charge is 0.333 e. The van der Waals surface area contributed by atoms with Crippen molar-refractivity contribution in [2.75, 3.05) is 11.9 Å².